The molecule has 0 saturated heterocycles. The fraction of sp³-hybridized carbons (Fsp3) is 0.500. The van der Waals surface area contributed by atoms with E-state index in [0.717, 1.165) is 16.5 Å². The number of aromatic nitrogens is 1. The predicted molar refractivity (Wildman–Crippen MR) is 67.7 cm³/mol. The van der Waals surface area contributed by atoms with E-state index < -0.39 is 0 Å². The van der Waals surface area contributed by atoms with Gasteiger partial charge < -0.3 is 4.57 Å². The van der Waals surface area contributed by atoms with E-state index in [1.165, 1.54) is 0 Å². The fourth-order valence-corrected chi connectivity index (χ4v) is 2.12. The van der Waals surface area contributed by atoms with Crippen LogP contribution in [0.2, 0.25) is 0 Å². The Hall–Kier alpha value is -0.900. The monoisotopic (exact) mass is 285 g/mol. The van der Waals surface area contributed by atoms with Crippen LogP contribution in [0.4, 0.5) is 0 Å². The molecule has 0 atom stereocenters. The lowest BCUT2D eigenvalue weighted by Gasteiger charge is -2.07. The van der Waals surface area contributed by atoms with Crippen LogP contribution in [-0.2, 0) is 11.3 Å². The molecule has 0 N–H and O–H groups in total. The molecule has 0 bridgehead atoms. The van der Waals surface area contributed by atoms with Crippen molar-refractivity contribution in [1.29, 1.82) is 0 Å². The molecule has 0 fully saturated rings. The summed E-state index contributed by atoms with van der Waals surface area (Å²) >= 11 is 3.35. The number of aryl methyl sites for hydroxylation is 2. The van der Waals surface area contributed by atoms with Crippen LogP contribution in [0.1, 0.15) is 31.7 Å². The van der Waals surface area contributed by atoms with Gasteiger partial charge in [0.2, 0.25) is 0 Å². The van der Waals surface area contributed by atoms with Crippen molar-refractivity contribution >= 4 is 21.7 Å². The number of nitrogens with zero attached hydrogens (tertiary/aromatic N) is 1. The van der Waals surface area contributed by atoms with Gasteiger partial charge in [-0.25, -0.2) is 0 Å². The first-order valence-electron chi connectivity index (χ1n) is 5.43. The number of rotatable bonds is 5. The van der Waals surface area contributed by atoms with Gasteiger partial charge >= 0.3 is 0 Å². The molecule has 88 valence electrons. The Morgan fingerprint density at radius 1 is 1.50 bits per heavy atom. The summed E-state index contributed by atoms with van der Waals surface area (Å²) in [6, 6.07) is 1.80. The fourth-order valence-electron chi connectivity index (χ4n) is 1.53. The number of halogens is 1. The molecule has 0 saturated carbocycles. The second-order valence-electron chi connectivity index (χ2n) is 3.84. The second kappa shape index (κ2) is 5.99. The third kappa shape index (κ3) is 3.59. The maximum atomic E-state index is 11.7. The van der Waals surface area contributed by atoms with Crippen LogP contribution < -0.4 is 5.56 Å². The minimum absolute atomic E-state index is 0.0205. The highest BCUT2D eigenvalue weighted by Crippen LogP contribution is 2.08. The zero-order chi connectivity index (χ0) is 12.1. The smallest absolute Gasteiger partial charge is 0.253 e. The van der Waals surface area contributed by atoms with Crippen LogP contribution in [0, 0.1) is 6.92 Å². The summed E-state index contributed by atoms with van der Waals surface area (Å²) in [5, 5.41) is 0. The van der Waals surface area contributed by atoms with Gasteiger partial charge in [0.25, 0.3) is 5.56 Å². The zero-order valence-corrected chi connectivity index (χ0v) is 11.2. The minimum Gasteiger partial charge on any atom is -0.314 e. The molecule has 0 aliphatic carbocycles. The van der Waals surface area contributed by atoms with Crippen LogP contribution in [0.3, 0.4) is 0 Å². The molecule has 16 heavy (non-hydrogen) atoms. The first kappa shape index (κ1) is 13.2. The number of carbonyl (C=O) groups is 1. The van der Waals surface area contributed by atoms with Gasteiger partial charge in [0.05, 0.1) is 0 Å². The van der Waals surface area contributed by atoms with E-state index in [-0.39, 0.29) is 11.3 Å². The van der Waals surface area contributed by atoms with Gasteiger partial charge in [0, 0.05) is 35.6 Å². The van der Waals surface area contributed by atoms with E-state index in [4.69, 9.17) is 0 Å². The Balaban J connectivity index is 2.67. The number of Topliss-reactive ketones (excluding diaryl/α,β-unsaturated/α-hetero) is 1. The highest BCUT2D eigenvalue weighted by molar-refractivity contribution is 9.10. The van der Waals surface area contributed by atoms with Crippen molar-refractivity contribution in [2.45, 2.75) is 39.7 Å². The van der Waals surface area contributed by atoms with Crippen molar-refractivity contribution in [2.24, 2.45) is 0 Å². The predicted octanol–water partition coefficient (Wildman–Crippen LogP) is 2.68. The maximum absolute atomic E-state index is 11.7. The lowest BCUT2D eigenvalue weighted by molar-refractivity contribution is -0.118. The van der Waals surface area contributed by atoms with Gasteiger partial charge in [-0.3, -0.25) is 9.59 Å². The van der Waals surface area contributed by atoms with E-state index in [9.17, 15) is 9.59 Å². The van der Waals surface area contributed by atoms with Gasteiger partial charge in [-0.1, -0.05) is 6.92 Å². The first-order chi connectivity index (χ1) is 7.54. The van der Waals surface area contributed by atoms with Crippen molar-refractivity contribution < 1.29 is 4.79 Å². The molecular weight excluding hydrogens is 270 g/mol. The van der Waals surface area contributed by atoms with E-state index in [1.54, 1.807) is 23.8 Å². The molecule has 0 aliphatic heterocycles. The molecule has 0 amide bonds. The molecular formula is C12H16BrNO2. The Labute approximate surface area is 104 Å². The molecule has 0 spiro atoms. The van der Waals surface area contributed by atoms with Crippen LogP contribution in [0.5, 0.6) is 0 Å². The average Bonchev–Trinajstić information content (AvgIpc) is 2.24. The topological polar surface area (TPSA) is 39.1 Å². The van der Waals surface area contributed by atoms with Gasteiger partial charge in [-0.15, -0.1) is 0 Å². The lowest BCUT2D eigenvalue weighted by atomic mass is 10.2. The molecule has 3 nitrogen and oxygen atoms in total. The molecule has 0 aliphatic rings. The van der Waals surface area contributed by atoms with E-state index in [2.05, 4.69) is 15.9 Å². The summed E-state index contributed by atoms with van der Waals surface area (Å²) in [6.07, 6.45) is 3.62. The zero-order valence-electron chi connectivity index (χ0n) is 9.62. The highest BCUT2D eigenvalue weighted by atomic mass is 79.9. The quantitative estimate of drug-likeness (QED) is 0.834. The van der Waals surface area contributed by atoms with Crippen molar-refractivity contribution in [3.05, 3.63) is 32.7 Å². The Bertz CT molecular complexity index is 437. The van der Waals surface area contributed by atoms with Gasteiger partial charge in [0.1, 0.15) is 5.78 Å². The summed E-state index contributed by atoms with van der Waals surface area (Å²) in [7, 11) is 0. The van der Waals surface area contributed by atoms with Crippen molar-refractivity contribution in [3.63, 3.8) is 0 Å². The summed E-state index contributed by atoms with van der Waals surface area (Å²) in [5.41, 5.74) is 0.739. The molecule has 1 aromatic rings. The van der Waals surface area contributed by atoms with Gasteiger partial charge in [-0.05, 0) is 35.3 Å². The maximum Gasteiger partial charge on any atom is 0.253 e. The van der Waals surface area contributed by atoms with Gasteiger partial charge in [-0.2, -0.15) is 0 Å². The average molecular weight is 286 g/mol. The van der Waals surface area contributed by atoms with Crippen LogP contribution in [0.15, 0.2) is 21.5 Å². The van der Waals surface area contributed by atoms with Crippen molar-refractivity contribution in [2.75, 3.05) is 0 Å². The first-order valence-corrected chi connectivity index (χ1v) is 6.22. The lowest BCUT2D eigenvalue weighted by Crippen LogP contribution is -2.22. The molecule has 0 unspecified atom stereocenters. The number of carbonyl (C=O) groups excluding carboxylic acids is 1. The Kier molecular flexibility index (Phi) is 4.93. The molecule has 0 aromatic carbocycles. The number of hydrogen-bond donors (Lipinski definition) is 0. The summed E-state index contributed by atoms with van der Waals surface area (Å²) < 4.78 is 2.55. The summed E-state index contributed by atoms with van der Waals surface area (Å²) in [6.45, 7) is 4.25. The molecule has 1 aromatic heterocycles. The molecule has 1 rings (SSSR count). The van der Waals surface area contributed by atoms with E-state index in [1.807, 2.05) is 6.92 Å². The summed E-state index contributed by atoms with van der Waals surface area (Å²) in [5.74, 6) is 0.250. The number of hydrogen-bond acceptors (Lipinski definition) is 2. The minimum atomic E-state index is 0.0205. The second-order valence-corrected chi connectivity index (χ2v) is 4.75. The molecule has 0 radical (unpaired) electrons. The highest BCUT2D eigenvalue weighted by Gasteiger charge is 2.03. The summed E-state index contributed by atoms with van der Waals surface area (Å²) in [4.78, 5) is 22.8. The molecule has 4 heteroatoms. The SMILES string of the molecule is CCC(=O)CCCn1cc(Br)cc(C)c1=O. The normalized spacial score (nSPS) is 10.4. The van der Waals surface area contributed by atoms with Crippen molar-refractivity contribution in [1.82, 2.24) is 4.57 Å². The molecule has 1 heterocycles. The Morgan fingerprint density at radius 3 is 2.81 bits per heavy atom. The van der Waals surface area contributed by atoms with Crippen LogP contribution in [0.25, 0.3) is 0 Å². The third-order valence-electron chi connectivity index (χ3n) is 2.48. The number of pyridine rings is 1. The third-order valence-corrected chi connectivity index (χ3v) is 2.91. The van der Waals surface area contributed by atoms with Crippen LogP contribution >= 0.6 is 15.9 Å². The number of ketones is 1. The Morgan fingerprint density at radius 2 is 2.19 bits per heavy atom. The van der Waals surface area contributed by atoms with E-state index in [0.29, 0.717) is 19.4 Å². The van der Waals surface area contributed by atoms with Crippen molar-refractivity contribution in [3.8, 4) is 0 Å². The largest absolute Gasteiger partial charge is 0.314 e. The van der Waals surface area contributed by atoms with E-state index >= 15 is 0 Å². The standard InChI is InChI=1S/C12H16BrNO2/c1-3-11(15)5-4-6-14-8-10(13)7-9(2)12(14)16/h7-8H,3-6H2,1-2H3. The van der Waals surface area contributed by atoms with Crippen LogP contribution in [-0.4, -0.2) is 10.4 Å². The van der Waals surface area contributed by atoms with Gasteiger partial charge in [0.15, 0.2) is 0 Å².